The summed E-state index contributed by atoms with van der Waals surface area (Å²) in [7, 11) is 0. The van der Waals surface area contributed by atoms with Crippen LogP contribution in [0.2, 0.25) is 5.02 Å². The predicted octanol–water partition coefficient (Wildman–Crippen LogP) is 4.47. The SMILES string of the molecule is CC(=O)Nc1ccc(C(=O)NN=Cc2cc(C)n(-c3ccc(Cl)cc3)c2C)cc1. The maximum atomic E-state index is 12.2. The summed E-state index contributed by atoms with van der Waals surface area (Å²) >= 11 is 5.97. The second kappa shape index (κ2) is 8.75. The fourth-order valence-electron chi connectivity index (χ4n) is 3.04. The Morgan fingerprint density at radius 2 is 1.69 bits per heavy atom. The third-order valence-electron chi connectivity index (χ3n) is 4.39. The van der Waals surface area contributed by atoms with Crippen LogP contribution in [0.3, 0.4) is 0 Å². The van der Waals surface area contributed by atoms with Crippen LogP contribution in [0.5, 0.6) is 0 Å². The molecule has 0 aliphatic heterocycles. The van der Waals surface area contributed by atoms with E-state index >= 15 is 0 Å². The predicted molar refractivity (Wildman–Crippen MR) is 116 cm³/mol. The summed E-state index contributed by atoms with van der Waals surface area (Å²) in [6.07, 6.45) is 1.62. The minimum atomic E-state index is -0.331. The maximum absolute atomic E-state index is 12.2. The number of halogens is 1. The van der Waals surface area contributed by atoms with Crippen molar-refractivity contribution in [3.05, 3.63) is 82.1 Å². The number of nitrogens with one attached hydrogen (secondary N) is 2. The number of nitrogens with zero attached hydrogens (tertiary/aromatic N) is 2. The van der Waals surface area contributed by atoms with E-state index in [-0.39, 0.29) is 11.8 Å². The lowest BCUT2D eigenvalue weighted by molar-refractivity contribution is -0.114. The normalized spacial score (nSPS) is 10.9. The monoisotopic (exact) mass is 408 g/mol. The van der Waals surface area contributed by atoms with Crippen LogP contribution in [-0.2, 0) is 4.79 Å². The van der Waals surface area contributed by atoms with Crippen LogP contribution < -0.4 is 10.7 Å². The van der Waals surface area contributed by atoms with Crippen LogP contribution in [0.4, 0.5) is 5.69 Å². The van der Waals surface area contributed by atoms with Crippen LogP contribution in [-0.4, -0.2) is 22.6 Å². The molecule has 0 spiro atoms. The zero-order valence-electron chi connectivity index (χ0n) is 16.4. The van der Waals surface area contributed by atoms with Gasteiger partial charge in [0, 0.05) is 45.8 Å². The number of aryl methyl sites for hydroxylation is 1. The fraction of sp³-hybridized carbons (Fsp3) is 0.136. The first-order chi connectivity index (χ1) is 13.8. The van der Waals surface area contributed by atoms with Gasteiger partial charge in [-0.15, -0.1) is 0 Å². The molecule has 6 nitrogen and oxygen atoms in total. The molecule has 0 saturated carbocycles. The molecule has 0 saturated heterocycles. The Bertz CT molecular complexity index is 1070. The number of benzene rings is 2. The highest BCUT2D eigenvalue weighted by molar-refractivity contribution is 6.30. The third kappa shape index (κ3) is 4.92. The lowest BCUT2D eigenvalue weighted by atomic mass is 10.2. The van der Waals surface area contributed by atoms with Gasteiger partial charge in [-0.2, -0.15) is 5.10 Å². The average Bonchev–Trinajstić information content (AvgIpc) is 2.96. The van der Waals surface area contributed by atoms with E-state index in [9.17, 15) is 9.59 Å². The number of hydrogen-bond acceptors (Lipinski definition) is 3. The summed E-state index contributed by atoms with van der Waals surface area (Å²) in [6, 6.07) is 16.2. The summed E-state index contributed by atoms with van der Waals surface area (Å²) in [5.41, 5.74) is 7.56. The Morgan fingerprint density at radius 3 is 2.31 bits per heavy atom. The van der Waals surface area contributed by atoms with Crippen molar-refractivity contribution in [2.24, 2.45) is 5.10 Å². The molecule has 0 atom stereocenters. The Kier molecular flexibility index (Phi) is 6.14. The number of carbonyl (C=O) groups is 2. The highest BCUT2D eigenvalue weighted by atomic mass is 35.5. The van der Waals surface area contributed by atoms with Gasteiger partial charge in [-0.05, 0) is 68.4 Å². The van der Waals surface area contributed by atoms with E-state index in [2.05, 4.69) is 20.4 Å². The number of aromatic nitrogens is 1. The highest BCUT2D eigenvalue weighted by Gasteiger charge is 2.10. The van der Waals surface area contributed by atoms with Gasteiger partial charge in [0.05, 0.1) is 6.21 Å². The number of amides is 2. The second-order valence-corrected chi connectivity index (χ2v) is 7.03. The van der Waals surface area contributed by atoms with E-state index in [0.717, 1.165) is 22.6 Å². The Hall–Kier alpha value is -3.38. The maximum Gasteiger partial charge on any atom is 0.271 e. The fourth-order valence-corrected chi connectivity index (χ4v) is 3.16. The summed E-state index contributed by atoms with van der Waals surface area (Å²) in [5.74, 6) is -0.495. The molecule has 0 radical (unpaired) electrons. The smallest absolute Gasteiger partial charge is 0.271 e. The van der Waals surface area contributed by atoms with Gasteiger partial charge in [0.1, 0.15) is 0 Å². The van der Waals surface area contributed by atoms with Crippen molar-refractivity contribution in [1.29, 1.82) is 0 Å². The minimum Gasteiger partial charge on any atom is -0.326 e. The van der Waals surface area contributed by atoms with E-state index in [4.69, 9.17) is 11.6 Å². The third-order valence-corrected chi connectivity index (χ3v) is 4.64. The minimum absolute atomic E-state index is 0.164. The standard InChI is InChI=1S/C22H21ClN4O2/c1-14-12-18(15(2)27(14)21-10-6-19(23)7-11-21)13-24-26-22(29)17-4-8-20(9-5-17)25-16(3)28/h4-13H,1-3H3,(H,25,28)(H,26,29). The van der Waals surface area contributed by atoms with Crippen molar-refractivity contribution in [2.45, 2.75) is 20.8 Å². The molecule has 0 bridgehead atoms. The molecular formula is C22H21ClN4O2. The molecule has 0 unspecified atom stereocenters. The van der Waals surface area contributed by atoms with Gasteiger partial charge in [0.25, 0.3) is 5.91 Å². The van der Waals surface area contributed by atoms with Crippen molar-refractivity contribution >= 4 is 35.3 Å². The van der Waals surface area contributed by atoms with Gasteiger partial charge in [-0.3, -0.25) is 9.59 Å². The molecular weight excluding hydrogens is 388 g/mol. The molecule has 2 N–H and O–H groups in total. The van der Waals surface area contributed by atoms with Gasteiger partial charge in [0.2, 0.25) is 5.91 Å². The van der Waals surface area contributed by atoms with Gasteiger partial charge < -0.3 is 9.88 Å². The zero-order chi connectivity index (χ0) is 21.0. The molecule has 29 heavy (non-hydrogen) atoms. The van der Waals surface area contributed by atoms with Crippen LogP contribution in [0, 0.1) is 13.8 Å². The molecule has 1 aromatic heterocycles. The zero-order valence-corrected chi connectivity index (χ0v) is 17.1. The Labute approximate surface area is 174 Å². The largest absolute Gasteiger partial charge is 0.326 e. The van der Waals surface area contributed by atoms with E-state index in [1.807, 2.05) is 44.2 Å². The van der Waals surface area contributed by atoms with Gasteiger partial charge in [-0.25, -0.2) is 5.43 Å². The molecule has 0 aliphatic carbocycles. The molecule has 148 valence electrons. The van der Waals surface area contributed by atoms with E-state index in [1.165, 1.54) is 6.92 Å². The Balaban J connectivity index is 1.70. The lowest BCUT2D eigenvalue weighted by Crippen LogP contribution is -2.17. The molecule has 3 rings (SSSR count). The number of anilines is 1. The van der Waals surface area contributed by atoms with Crippen LogP contribution in [0.25, 0.3) is 5.69 Å². The number of hydrogen-bond donors (Lipinski definition) is 2. The first-order valence-corrected chi connectivity index (χ1v) is 9.39. The molecule has 0 fully saturated rings. The van der Waals surface area contributed by atoms with Crippen molar-refractivity contribution in [3.63, 3.8) is 0 Å². The first kappa shape index (κ1) is 20.4. The van der Waals surface area contributed by atoms with Crippen molar-refractivity contribution < 1.29 is 9.59 Å². The number of hydrazone groups is 1. The molecule has 3 aromatic rings. The molecule has 2 amide bonds. The number of carbonyl (C=O) groups excluding carboxylic acids is 2. The van der Waals surface area contributed by atoms with Gasteiger partial charge in [0.15, 0.2) is 0 Å². The van der Waals surface area contributed by atoms with Crippen LogP contribution in [0.1, 0.15) is 34.2 Å². The summed E-state index contributed by atoms with van der Waals surface area (Å²) in [6.45, 7) is 5.43. The molecule has 1 heterocycles. The van der Waals surface area contributed by atoms with E-state index in [0.29, 0.717) is 16.3 Å². The molecule has 2 aromatic carbocycles. The molecule has 0 aliphatic rings. The summed E-state index contributed by atoms with van der Waals surface area (Å²) in [5, 5.41) is 7.43. The summed E-state index contributed by atoms with van der Waals surface area (Å²) in [4.78, 5) is 23.3. The van der Waals surface area contributed by atoms with Crippen LogP contribution >= 0.6 is 11.6 Å². The van der Waals surface area contributed by atoms with Crippen molar-refractivity contribution in [3.8, 4) is 5.69 Å². The molecule has 7 heteroatoms. The van der Waals surface area contributed by atoms with Crippen molar-refractivity contribution in [2.75, 3.05) is 5.32 Å². The summed E-state index contributed by atoms with van der Waals surface area (Å²) < 4.78 is 2.10. The van der Waals surface area contributed by atoms with Crippen LogP contribution in [0.15, 0.2) is 59.7 Å². The van der Waals surface area contributed by atoms with E-state index in [1.54, 1.807) is 30.5 Å². The van der Waals surface area contributed by atoms with Gasteiger partial charge in [-0.1, -0.05) is 11.6 Å². The average molecular weight is 409 g/mol. The van der Waals surface area contributed by atoms with Gasteiger partial charge >= 0.3 is 0 Å². The highest BCUT2D eigenvalue weighted by Crippen LogP contribution is 2.21. The first-order valence-electron chi connectivity index (χ1n) is 9.01. The van der Waals surface area contributed by atoms with E-state index < -0.39 is 0 Å². The van der Waals surface area contributed by atoms with Crippen molar-refractivity contribution in [1.82, 2.24) is 9.99 Å². The Morgan fingerprint density at radius 1 is 1.03 bits per heavy atom. The topological polar surface area (TPSA) is 75.5 Å². The number of rotatable bonds is 5. The quantitative estimate of drug-likeness (QED) is 0.482. The second-order valence-electron chi connectivity index (χ2n) is 6.60. The lowest BCUT2D eigenvalue weighted by Gasteiger charge is -2.09.